The lowest BCUT2D eigenvalue weighted by Gasteiger charge is -2.20. The second-order valence-electron chi connectivity index (χ2n) is 6.35. The first-order chi connectivity index (χ1) is 14.0. The molecule has 6 nitrogen and oxygen atoms in total. The third kappa shape index (κ3) is 5.43. The maximum Gasteiger partial charge on any atom is 0.224 e. The van der Waals surface area contributed by atoms with Gasteiger partial charge in [-0.15, -0.1) is 0 Å². The van der Waals surface area contributed by atoms with Gasteiger partial charge in [-0.25, -0.2) is 4.98 Å². The van der Waals surface area contributed by atoms with Crippen LogP contribution in [0.2, 0.25) is 10.0 Å². The molecular weight excluding hydrogens is 413 g/mol. The zero-order chi connectivity index (χ0) is 20.8. The molecule has 3 aromatic rings. The van der Waals surface area contributed by atoms with Gasteiger partial charge < -0.3 is 19.4 Å². The highest BCUT2D eigenvalue weighted by atomic mass is 35.5. The smallest absolute Gasteiger partial charge is 0.224 e. The number of aryl methyl sites for hydroxylation is 1. The van der Waals surface area contributed by atoms with Gasteiger partial charge in [-0.3, -0.25) is 4.79 Å². The van der Waals surface area contributed by atoms with Crippen molar-refractivity contribution in [1.82, 2.24) is 14.9 Å². The second kappa shape index (κ2) is 9.67. The fourth-order valence-electron chi connectivity index (χ4n) is 2.83. The lowest BCUT2D eigenvalue weighted by molar-refractivity contribution is -0.122. The van der Waals surface area contributed by atoms with Crippen molar-refractivity contribution in [2.75, 3.05) is 13.7 Å². The van der Waals surface area contributed by atoms with Crippen LogP contribution in [0.15, 0.2) is 54.9 Å². The lowest BCUT2D eigenvalue weighted by Crippen LogP contribution is -2.32. The van der Waals surface area contributed by atoms with Crippen molar-refractivity contribution in [2.24, 2.45) is 7.05 Å². The van der Waals surface area contributed by atoms with Crippen LogP contribution in [-0.4, -0.2) is 29.2 Å². The Labute approximate surface area is 179 Å². The van der Waals surface area contributed by atoms with Crippen molar-refractivity contribution in [3.05, 3.63) is 76.3 Å². The molecule has 1 amide bonds. The number of carbonyl (C=O) groups excluding carboxylic acids is 1. The first-order valence-corrected chi connectivity index (χ1v) is 9.72. The molecule has 1 unspecified atom stereocenters. The van der Waals surface area contributed by atoms with Crippen LogP contribution in [0.4, 0.5) is 0 Å². The Morgan fingerprint density at radius 2 is 2.00 bits per heavy atom. The molecule has 0 radical (unpaired) electrons. The number of methoxy groups -OCH3 is 1. The molecule has 1 heterocycles. The van der Waals surface area contributed by atoms with E-state index in [1.807, 2.05) is 42.1 Å². The summed E-state index contributed by atoms with van der Waals surface area (Å²) in [7, 11) is 3.49. The van der Waals surface area contributed by atoms with Gasteiger partial charge in [-0.1, -0.05) is 35.3 Å². The lowest BCUT2D eigenvalue weighted by atomic mass is 10.1. The topological polar surface area (TPSA) is 65.4 Å². The molecular formula is C21H21Cl2N3O3. The second-order valence-corrected chi connectivity index (χ2v) is 7.16. The molecule has 0 saturated carbocycles. The minimum absolute atomic E-state index is 0.166. The summed E-state index contributed by atoms with van der Waals surface area (Å²) < 4.78 is 12.8. The zero-order valence-electron chi connectivity index (χ0n) is 16.1. The number of ether oxygens (including phenoxy) is 2. The third-order valence-corrected chi connectivity index (χ3v) is 5.08. The van der Waals surface area contributed by atoms with E-state index in [0.717, 1.165) is 11.4 Å². The quantitative estimate of drug-likeness (QED) is 0.571. The number of amides is 1. The Morgan fingerprint density at radius 3 is 2.69 bits per heavy atom. The molecule has 3 rings (SSSR count). The number of rotatable bonds is 8. The van der Waals surface area contributed by atoms with Gasteiger partial charge in [0.25, 0.3) is 0 Å². The number of imidazole rings is 1. The summed E-state index contributed by atoms with van der Waals surface area (Å²) in [5.74, 6) is 1.82. The van der Waals surface area contributed by atoms with E-state index in [2.05, 4.69) is 10.3 Å². The molecule has 0 fully saturated rings. The van der Waals surface area contributed by atoms with E-state index >= 15 is 0 Å². The summed E-state index contributed by atoms with van der Waals surface area (Å²) in [6.07, 6.45) is 3.70. The third-order valence-electron chi connectivity index (χ3n) is 4.34. The van der Waals surface area contributed by atoms with E-state index in [1.165, 1.54) is 0 Å². The summed E-state index contributed by atoms with van der Waals surface area (Å²) in [5, 5.41) is 3.89. The average Bonchev–Trinajstić information content (AvgIpc) is 3.14. The van der Waals surface area contributed by atoms with Gasteiger partial charge in [-0.05, 0) is 29.8 Å². The highest BCUT2D eigenvalue weighted by Gasteiger charge is 2.21. The van der Waals surface area contributed by atoms with Crippen LogP contribution in [0, 0.1) is 0 Å². The Morgan fingerprint density at radius 1 is 1.17 bits per heavy atom. The number of aromatic nitrogens is 2. The minimum Gasteiger partial charge on any atom is -0.497 e. The predicted octanol–water partition coefficient (Wildman–Crippen LogP) is 4.41. The molecule has 0 aliphatic carbocycles. The SMILES string of the molecule is COc1cccc(C(NC(=O)CCOc2ccc(Cl)c(Cl)c2)c2nccn2C)c1. The summed E-state index contributed by atoms with van der Waals surface area (Å²) in [6.45, 7) is 0.204. The number of hydrogen-bond donors (Lipinski definition) is 1. The molecule has 1 aromatic heterocycles. The van der Waals surface area contributed by atoms with Crippen molar-refractivity contribution in [3.63, 3.8) is 0 Å². The van der Waals surface area contributed by atoms with Gasteiger partial charge in [0.2, 0.25) is 5.91 Å². The zero-order valence-corrected chi connectivity index (χ0v) is 17.6. The van der Waals surface area contributed by atoms with Gasteiger partial charge in [0.05, 0.1) is 30.2 Å². The molecule has 152 valence electrons. The standard InChI is InChI=1S/C21H21Cl2N3O3/c1-26-10-9-24-21(26)20(14-4-3-5-15(12-14)28-2)25-19(27)8-11-29-16-6-7-17(22)18(23)13-16/h3-7,9-10,12-13,20H,8,11H2,1-2H3,(H,25,27). The first kappa shape index (κ1) is 21.0. The molecule has 0 spiro atoms. The van der Waals surface area contributed by atoms with Gasteiger partial charge in [0, 0.05) is 25.5 Å². The van der Waals surface area contributed by atoms with Crippen molar-refractivity contribution in [1.29, 1.82) is 0 Å². The Kier molecular flexibility index (Phi) is 7.01. The summed E-state index contributed by atoms with van der Waals surface area (Å²) in [4.78, 5) is 17.0. The van der Waals surface area contributed by atoms with Gasteiger partial charge >= 0.3 is 0 Å². The van der Waals surface area contributed by atoms with Crippen molar-refractivity contribution in [2.45, 2.75) is 12.5 Å². The van der Waals surface area contributed by atoms with Crippen molar-refractivity contribution in [3.8, 4) is 11.5 Å². The number of carbonyl (C=O) groups is 1. The molecule has 1 atom stereocenters. The molecule has 0 bridgehead atoms. The fraction of sp³-hybridized carbons (Fsp3) is 0.238. The molecule has 29 heavy (non-hydrogen) atoms. The number of benzene rings is 2. The Balaban J connectivity index is 1.68. The van der Waals surface area contributed by atoms with Crippen molar-refractivity contribution >= 4 is 29.1 Å². The molecule has 0 aliphatic rings. The van der Waals surface area contributed by atoms with Crippen LogP contribution >= 0.6 is 23.2 Å². The largest absolute Gasteiger partial charge is 0.497 e. The maximum absolute atomic E-state index is 12.6. The van der Waals surface area contributed by atoms with Gasteiger partial charge in [0.1, 0.15) is 23.4 Å². The summed E-state index contributed by atoms with van der Waals surface area (Å²) in [6, 6.07) is 12.1. The van der Waals surface area contributed by atoms with Gasteiger partial charge in [-0.2, -0.15) is 0 Å². The van der Waals surface area contributed by atoms with E-state index in [9.17, 15) is 4.79 Å². The van der Waals surface area contributed by atoms with Crippen LogP contribution in [0.5, 0.6) is 11.5 Å². The van der Waals surface area contributed by atoms with Crippen molar-refractivity contribution < 1.29 is 14.3 Å². The van der Waals surface area contributed by atoms with E-state index in [4.69, 9.17) is 32.7 Å². The first-order valence-electron chi connectivity index (χ1n) is 8.96. The van der Waals surface area contributed by atoms with Crippen LogP contribution in [-0.2, 0) is 11.8 Å². The molecule has 8 heteroatoms. The average molecular weight is 434 g/mol. The predicted molar refractivity (Wildman–Crippen MR) is 113 cm³/mol. The Bertz CT molecular complexity index is 991. The number of nitrogens with one attached hydrogen (secondary N) is 1. The normalized spacial score (nSPS) is 11.7. The molecule has 1 N–H and O–H groups in total. The number of nitrogens with zero attached hydrogens (tertiary/aromatic N) is 2. The number of halogens is 2. The minimum atomic E-state index is -0.414. The van der Waals surface area contributed by atoms with Crippen LogP contribution in [0.3, 0.4) is 0 Å². The van der Waals surface area contributed by atoms with E-state index in [1.54, 1.807) is 31.5 Å². The summed E-state index contributed by atoms with van der Waals surface area (Å²) >= 11 is 11.9. The molecule has 2 aromatic carbocycles. The maximum atomic E-state index is 12.6. The van der Waals surface area contributed by atoms with E-state index in [0.29, 0.717) is 21.5 Å². The number of hydrogen-bond acceptors (Lipinski definition) is 4. The van der Waals surface area contributed by atoms with Crippen LogP contribution < -0.4 is 14.8 Å². The fourth-order valence-corrected chi connectivity index (χ4v) is 3.12. The molecule has 0 aliphatic heterocycles. The van der Waals surface area contributed by atoms with Crippen LogP contribution in [0.1, 0.15) is 23.9 Å². The highest BCUT2D eigenvalue weighted by molar-refractivity contribution is 6.42. The van der Waals surface area contributed by atoms with Gasteiger partial charge in [0.15, 0.2) is 0 Å². The van der Waals surface area contributed by atoms with E-state index in [-0.39, 0.29) is 18.9 Å². The van der Waals surface area contributed by atoms with Crippen LogP contribution in [0.25, 0.3) is 0 Å². The Hall–Kier alpha value is -2.70. The summed E-state index contributed by atoms with van der Waals surface area (Å²) in [5.41, 5.74) is 0.873. The van der Waals surface area contributed by atoms with E-state index < -0.39 is 6.04 Å². The highest BCUT2D eigenvalue weighted by Crippen LogP contribution is 2.27. The molecule has 0 saturated heterocycles. The monoisotopic (exact) mass is 433 g/mol.